The number of ether oxygens (including phenoxy) is 1. The van der Waals surface area contributed by atoms with Gasteiger partial charge in [0.15, 0.2) is 0 Å². The fraction of sp³-hybridized carbons (Fsp3) is 0.136. The third-order valence-corrected chi connectivity index (χ3v) is 5.52. The van der Waals surface area contributed by atoms with Crippen LogP contribution in [-0.4, -0.2) is 12.5 Å². The Bertz CT molecular complexity index is 1040. The molecule has 0 spiro atoms. The van der Waals surface area contributed by atoms with Gasteiger partial charge in [-0.25, -0.2) is 13.8 Å². The van der Waals surface area contributed by atoms with Gasteiger partial charge in [-0.1, -0.05) is 53.5 Å². The third kappa shape index (κ3) is 3.50. The van der Waals surface area contributed by atoms with Crippen molar-refractivity contribution in [3.8, 4) is 11.1 Å². The molecule has 2 nitrogen and oxygen atoms in total. The zero-order chi connectivity index (χ0) is 19.8. The van der Waals surface area contributed by atoms with Crippen molar-refractivity contribution in [1.29, 1.82) is 0 Å². The average molecular weight is 418 g/mol. The van der Waals surface area contributed by atoms with Gasteiger partial charge in [-0.2, -0.15) is 0 Å². The lowest BCUT2D eigenvalue weighted by Gasteiger charge is -2.09. The summed E-state index contributed by atoms with van der Waals surface area (Å²) in [6, 6.07) is 14.8. The average Bonchev–Trinajstić information content (AvgIpc) is 3.15. The monoisotopic (exact) mass is 417 g/mol. The van der Waals surface area contributed by atoms with E-state index in [1.807, 2.05) is 43.3 Å². The number of aliphatic imine (C=N–C) groups is 1. The van der Waals surface area contributed by atoms with Crippen LogP contribution in [0.5, 0.6) is 0 Å². The molecule has 0 bridgehead atoms. The molecule has 6 heteroatoms. The normalized spacial score (nSPS) is 16.0. The summed E-state index contributed by atoms with van der Waals surface area (Å²) >= 11 is 12.4. The molecule has 1 heterocycles. The summed E-state index contributed by atoms with van der Waals surface area (Å²) in [5.74, 6) is -1.40. The number of nitrogens with zero attached hydrogens (tertiary/aromatic N) is 1. The van der Waals surface area contributed by atoms with Crippen LogP contribution in [0.25, 0.3) is 11.1 Å². The zero-order valence-electron chi connectivity index (χ0n) is 14.8. The fourth-order valence-corrected chi connectivity index (χ4v) is 3.58. The van der Waals surface area contributed by atoms with E-state index in [0.29, 0.717) is 10.0 Å². The standard InChI is InChI=1S/C22H15Cl2F2NO/c1-12-16(23)9-15(10-17(12)24)13-5-7-14(8-6-13)20-11-28-22(27-20)21-18(25)3-2-4-19(21)26/h2-10,20H,11H2,1H3. The predicted octanol–water partition coefficient (Wildman–Crippen LogP) is 6.77. The van der Waals surface area contributed by atoms with Gasteiger partial charge in [-0.05, 0) is 53.4 Å². The Morgan fingerprint density at radius 2 is 1.54 bits per heavy atom. The summed E-state index contributed by atoms with van der Waals surface area (Å²) < 4.78 is 33.3. The first kappa shape index (κ1) is 18.9. The third-order valence-electron chi connectivity index (χ3n) is 4.74. The van der Waals surface area contributed by atoms with Gasteiger partial charge in [-0.15, -0.1) is 0 Å². The van der Waals surface area contributed by atoms with E-state index in [0.717, 1.165) is 22.3 Å². The highest BCUT2D eigenvalue weighted by Gasteiger charge is 2.26. The molecule has 0 aromatic heterocycles. The van der Waals surface area contributed by atoms with Gasteiger partial charge < -0.3 is 4.74 Å². The summed E-state index contributed by atoms with van der Waals surface area (Å²) in [7, 11) is 0. The summed E-state index contributed by atoms with van der Waals surface area (Å²) in [6.07, 6.45) is 0. The summed E-state index contributed by atoms with van der Waals surface area (Å²) in [4.78, 5) is 4.36. The molecule has 0 fully saturated rings. The van der Waals surface area contributed by atoms with Crippen molar-refractivity contribution < 1.29 is 13.5 Å². The van der Waals surface area contributed by atoms with Crippen LogP contribution in [0.3, 0.4) is 0 Å². The minimum atomic E-state index is -0.692. The molecule has 4 rings (SSSR count). The molecule has 3 aromatic rings. The van der Waals surface area contributed by atoms with Crippen LogP contribution >= 0.6 is 23.2 Å². The van der Waals surface area contributed by atoms with E-state index in [1.165, 1.54) is 18.2 Å². The predicted molar refractivity (Wildman–Crippen MR) is 108 cm³/mol. The van der Waals surface area contributed by atoms with Crippen LogP contribution in [-0.2, 0) is 4.74 Å². The Labute approximate surface area is 171 Å². The maximum Gasteiger partial charge on any atom is 0.222 e. The van der Waals surface area contributed by atoms with Crippen LogP contribution in [0, 0.1) is 18.6 Å². The maximum absolute atomic E-state index is 13.9. The lowest BCUT2D eigenvalue weighted by molar-refractivity contribution is 0.317. The highest BCUT2D eigenvalue weighted by Crippen LogP contribution is 2.33. The van der Waals surface area contributed by atoms with Crippen molar-refractivity contribution in [1.82, 2.24) is 0 Å². The number of hydrogen-bond acceptors (Lipinski definition) is 2. The van der Waals surface area contributed by atoms with Crippen molar-refractivity contribution in [2.45, 2.75) is 13.0 Å². The molecule has 0 saturated heterocycles. The Balaban J connectivity index is 1.61. The SMILES string of the molecule is Cc1c(Cl)cc(-c2ccc(C3COC(c4c(F)cccc4F)=N3)cc2)cc1Cl. The quantitative estimate of drug-likeness (QED) is 0.460. The second-order valence-corrected chi connectivity index (χ2v) is 7.36. The first-order chi connectivity index (χ1) is 13.4. The topological polar surface area (TPSA) is 21.6 Å². The molecule has 0 aliphatic carbocycles. The Morgan fingerprint density at radius 3 is 2.14 bits per heavy atom. The fourth-order valence-electron chi connectivity index (χ4n) is 3.09. The van der Waals surface area contributed by atoms with E-state index in [4.69, 9.17) is 27.9 Å². The van der Waals surface area contributed by atoms with Crippen molar-refractivity contribution in [3.63, 3.8) is 0 Å². The van der Waals surface area contributed by atoms with Gasteiger partial charge in [-0.3, -0.25) is 0 Å². The number of benzene rings is 3. The molecule has 0 N–H and O–H groups in total. The highest BCUT2D eigenvalue weighted by atomic mass is 35.5. The molecule has 1 atom stereocenters. The highest BCUT2D eigenvalue weighted by molar-refractivity contribution is 6.36. The van der Waals surface area contributed by atoms with Crippen LogP contribution in [0.15, 0.2) is 59.6 Å². The van der Waals surface area contributed by atoms with Gasteiger partial charge in [0, 0.05) is 10.0 Å². The summed E-state index contributed by atoms with van der Waals surface area (Å²) in [6.45, 7) is 2.09. The van der Waals surface area contributed by atoms with Crippen LogP contribution in [0.1, 0.15) is 22.7 Å². The number of hydrogen-bond donors (Lipinski definition) is 0. The van der Waals surface area contributed by atoms with Crippen molar-refractivity contribution in [2.24, 2.45) is 4.99 Å². The van der Waals surface area contributed by atoms with Gasteiger partial charge in [0.1, 0.15) is 29.8 Å². The maximum atomic E-state index is 13.9. The molecule has 142 valence electrons. The van der Waals surface area contributed by atoms with Crippen molar-refractivity contribution in [3.05, 3.63) is 93.0 Å². The van der Waals surface area contributed by atoms with Crippen LogP contribution in [0.4, 0.5) is 8.78 Å². The second-order valence-electron chi connectivity index (χ2n) is 6.54. The molecular formula is C22H15Cl2F2NO. The number of rotatable bonds is 3. The van der Waals surface area contributed by atoms with Crippen LogP contribution < -0.4 is 0 Å². The smallest absolute Gasteiger partial charge is 0.222 e. The van der Waals surface area contributed by atoms with E-state index in [1.54, 1.807) is 0 Å². The van der Waals surface area contributed by atoms with E-state index >= 15 is 0 Å². The van der Waals surface area contributed by atoms with Crippen LogP contribution in [0.2, 0.25) is 10.0 Å². The molecule has 1 aliphatic rings. The molecule has 0 radical (unpaired) electrons. The van der Waals surface area contributed by atoms with Gasteiger partial charge in [0.2, 0.25) is 5.90 Å². The molecule has 1 aliphatic heterocycles. The second kappa shape index (κ2) is 7.53. The first-order valence-electron chi connectivity index (χ1n) is 8.65. The summed E-state index contributed by atoms with van der Waals surface area (Å²) in [5.41, 5.74) is 3.36. The Kier molecular flexibility index (Phi) is 5.09. The molecule has 0 amide bonds. The number of halogens is 4. The zero-order valence-corrected chi connectivity index (χ0v) is 16.4. The van der Waals surface area contributed by atoms with E-state index in [2.05, 4.69) is 4.99 Å². The summed E-state index contributed by atoms with van der Waals surface area (Å²) in [5, 5.41) is 1.22. The molecule has 1 unspecified atom stereocenters. The first-order valence-corrected chi connectivity index (χ1v) is 9.40. The Hall–Kier alpha value is -2.43. The lowest BCUT2D eigenvalue weighted by Crippen LogP contribution is -2.07. The van der Waals surface area contributed by atoms with E-state index in [-0.39, 0.29) is 24.1 Å². The minimum absolute atomic E-state index is 0.0122. The molecular weight excluding hydrogens is 403 g/mol. The van der Waals surface area contributed by atoms with Gasteiger partial charge in [0.25, 0.3) is 0 Å². The van der Waals surface area contributed by atoms with Gasteiger partial charge >= 0.3 is 0 Å². The largest absolute Gasteiger partial charge is 0.475 e. The molecule has 3 aromatic carbocycles. The van der Waals surface area contributed by atoms with E-state index in [9.17, 15) is 8.78 Å². The molecule has 0 saturated carbocycles. The van der Waals surface area contributed by atoms with Crippen molar-refractivity contribution >= 4 is 29.1 Å². The van der Waals surface area contributed by atoms with E-state index < -0.39 is 11.6 Å². The minimum Gasteiger partial charge on any atom is -0.475 e. The van der Waals surface area contributed by atoms with Crippen molar-refractivity contribution in [2.75, 3.05) is 6.61 Å². The Morgan fingerprint density at radius 1 is 0.929 bits per heavy atom. The van der Waals surface area contributed by atoms with Gasteiger partial charge in [0.05, 0.1) is 0 Å². The molecule has 28 heavy (non-hydrogen) atoms. The lowest BCUT2D eigenvalue weighted by atomic mass is 10.0.